The third-order valence-corrected chi connectivity index (χ3v) is 4.19. The van der Waals surface area contributed by atoms with Gasteiger partial charge in [-0.05, 0) is 24.1 Å². The minimum Gasteiger partial charge on any atom is -0.495 e. The van der Waals surface area contributed by atoms with Gasteiger partial charge in [-0.2, -0.15) is 4.57 Å². The second-order valence-electron chi connectivity index (χ2n) is 5.89. The van der Waals surface area contributed by atoms with Crippen molar-refractivity contribution in [2.75, 3.05) is 31.8 Å². The van der Waals surface area contributed by atoms with E-state index < -0.39 is 0 Å². The Balaban J connectivity index is 1.87. The molecule has 1 amide bonds. The highest BCUT2D eigenvalue weighted by Gasteiger charge is 2.23. The molecule has 0 N–H and O–H groups in total. The molecular formula is C20H23N2O3+. The molecule has 5 nitrogen and oxygen atoms in total. The zero-order valence-electron chi connectivity index (χ0n) is 14.4. The molecule has 1 aromatic heterocycles. The van der Waals surface area contributed by atoms with Gasteiger partial charge in [0.15, 0.2) is 12.4 Å². The van der Waals surface area contributed by atoms with E-state index in [0.29, 0.717) is 25.5 Å². The van der Waals surface area contributed by atoms with Crippen LogP contribution in [-0.4, -0.2) is 32.8 Å². The van der Waals surface area contributed by atoms with Crippen molar-refractivity contribution < 1.29 is 18.8 Å². The van der Waals surface area contributed by atoms with Crippen LogP contribution >= 0.6 is 0 Å². The van der Waals surface area contributed by atoms with Gasteiger partial charge in [-0.3, -0.25) is 9.69 Å². The number of hydrogen-bond donors (Lipinski definition) is 0. The molecule has 1 aliphatic heterocycles. The first-order valence-corrected chi connectivity index (χ1v) is 8.41. The highest BCUT2D eigenvalue weighted by atomic mass is 16.5. The van der Waals surface area contributed by atoms with Crippen molar-refractivity contribution >= 4 is 11.6 Å². The first-order valence-electron chi connectivity index (χ1n) is 8.41. The van der Waals surface area contributed by atoms with Crippen LogP contribution in [0.3, 0.4) is 0 Å². The van der Waals surface area contributed by atoms with E-state index in [1.807, 2.05) is 59.4 Å². The van der Waals surface area contributed by atoms with E-state index in [0.717, 1.165) is 12.1 Å². The van der Waals surface area contributed by atoms with Crippen LogP contribution < -0.4 is 14.2 Å². The normalized spacial score (nSPS) is 13.9. The predicted octanol–water partition coefficient (Wildman–Crippen LogP) is 2.36. The topological polar surface area (TPSA) is 42.7 Å². The number of hydrogen-bond acceptors (Lipinski definition) is 3. The van der Waals surface area contributed by atoms with Crippen LogP contribution in [0.15, 0.2) is 66.5 Å². The number of para-hydroxylation sites is 2. The van der Waals surface area contributed by atoms with Crippen LogP contribution in [0.4, 0.5) is 5.69 Å². The molecule has 0 fully saturated rings. The second-order valence-corrected chi connectivity index (χ2v) is 5.89. The molecule has 0 saturated heterocycles. The molecule has 130 valence electrons. The van der Waals surface area contributed by atoms with Crippen LogP contribution in [0.2, 0.25) is 0 Å². The molecule has 3 rings (SSSR count). The lowest BCUT2D eigenvalue weighted by Crippen LogP contribution is -2.45. The van der Waals surface area contributed by atoms with Crippen LogP contribution in [0.1, 0.15) is 6.42 Å². The van der Waals surface area contributed by atoms with Crippen LogP contribution in [0.5, 0.6) is 5.75 Å². The summed E-state index contributed by atoms with van der Waals surface area (Å²) in [6.07, 6.45) is 6.70. The van der Waals surface area contributed by atoms with Crippen molar-refractivity contribution in [3.05, 3.63) is 66.5 Å². The zero-order chi connectivity index (χ0) is 17.5. The first kappa shape index (κ1) is 17.2. The predicted molar refractivity (Wildman–Crippen MR) is 95.5 cm³/mol. The Morgan fingerprint density at radius 3 is 2.72 bits per heavy atom. The second kappa shape index (κ2) is 8.44. The molecule has 2 aromatic rings. The summed E-state index contributed by atoms with van der Waals surface area (Å²) in [5.41, 5.74) is 2.00. The molecular weight excluding hydrogens is 316 g/mol. The van der Waals surface area contributed by atoms with Crippen LogP contribution in [0, 0.1) is 0 Å². The number of methoxy groups -OCH3 is 1. The van der Waals surface area contributed by atoms with Gasteiger partial charge in [-0.15, -0.1) is 0 Å². The largest absolute Gasteiger partial charge is 0.495 e. The van der Waals surface area contributed by atoms with Gasteiger partial charge in [0.05, 0.1) is 26.0 Å². The van der Waals surface area contributed by atoms with Crippen LogP contribution in [0.25, 0.3) is 0 Å². The Labute approximate surface area is 148 Å². The minimum atomic E-state index is 0.0214. The molecule has 0 spiro atoms. The SMILES string of the molecule is COc1ccccc1N(CC1=CCOCC1)C(=O)C[n+]1ccccc1. The van der Waals surface area contributed by atoms with Gasteiger partial charge in [-0.25, -0.2) is 0 Å². The molecule has 0 atom stereocenters. The number of aromatic nitrogens is 1. The van der Waals surface area contributed by atoms with E-state index in [2.05, 4.69) is 6.08 Å². The van der Waals surface area contributed by atoms with Gasteiger partial charge in [0.25, 0.3) is 5.91 Å². The number of pyridine rings is 1. The monoisotopic (exact) mass is 339 g/mol. The smallest absolute Gasteiger partial charge is 0.293 e. The van der Waals surface area contributed by atoms with Gasteiger partial charge >= 0.3 is 0 Å². The van der Waals surface area contributed by atoms with Gasteiger partial charge in [-0.1, -0.05) is 24.3 Å². The van der Waals surface area contributed by atoms with E-state index in [1.165, 1.54) is 5.57 Å². The number of carbonyl (C=O) groups excluding carboxylic acids is 1. The average Bonchev–Trinajstić information content (AvgIpc) is 2.67. The molecule has 0 bridgehead atoms. The third-order valence-electron chi connectivity index (χ3n) is 4.19. The summed E-state index contributed by atoms with van der Waals surface area (Å²) in [6.45, 7) is 2.14. The average molecular weight is 339 g/mol. The first-order chi connectivity index (χ1) is 12.3. The molecule has 1 aromatic carbocycles. The maximum absolute atomic E-state index is 13.0. The maximum atomic E-state index is 13.0. The summed E-state index contributed by atoms with van der Waals surface area (Å²) in [4.78, 5) is 14.8. The molecule has 25 heavy (non-hydrogen) atoms. The summed E-state index contributed by atoms with van der Waals surface area (Å²) in [6, 6.07) is 13.4. The van der Waals surface area contributed by atoms with Crippen molar-refractivity contribution in [3.63, 3.8) is 0 Å². The quantitative estimate of drug-likeness (QED) is 0.599. The molecule has 2 heterocycles. The van der Waals surface area contributed by atoms with Gasteiger partial charge in [0, 0.05) is 18.7 Å². The molecule has 0 aliphatic carbocycles. The summed E-state index contributed by atoms with van der Waals surface area (Å²) in [5.74, 6) is 0.717. The molecule has 0 unspecified atom stereocenters. The Morgan fingerprint density at radius 1 is 1.20 bits per heavy atom. The Hall–Kier alpha value is -2.66. The standard InChI is InChI=1S/C20H23N2O3/c1-24-19-8-4-3-7-18(19)22(15-17-9-13-25-14-10-17)20(23)16-21-11-5-2-6-12-21/h2-9,11-12H,10,13-16H2,1H3/q+1. The highest BCUT2D eigenvalue weighted by Crippen LogP contribution is 2.29. The molecule has 1 aliphatic rings. The minimum absolute atomic E-state index is 0.0214. The lowest BCUT2D eigenvalue weighted by Gasteiger charge is -2.26. The summed E-state index contributed by atoms with van der Waals surface area (Å²) >= 11 is 0. The number of nitrogens with zero attached hydrogens (tertiary/aromatic N) is 2. The van der Waals surface area contributed by atoms with Gasteiger partial charge in [0.2, 0.25) is 6.54 Å². The Bertz CT molecular complexity index is 744. The van der Waals surface area contributed by atoms with Crippen molar-refractivity contribution in [1.82, 2.24) is 0 Å². The Kier molecular flexibility index (Phi) is 5.80. The number of benzene rings is 1. The number of anilines is 1. The third kappa shape index (κ3) is 4.45. The van der Waals surface area contributed by atoms with Crippen molar-refractivity contribution in [3.8, 4) is 5.75 Å². The van der Waals surface area contributed by atoms with Crippen molar-refractivity contribution in [2.24, 2.45) is 0 Å². The lowest BCUT2D eigenvalue weighted by atomic mass is 10.1. The summed E-state index contributed by atoms with van der Waals surface area (Å²) in [7, 11) is 1.63. The zero-order valence-corrected chi connectivity index (χ0v) is 14.4. The van der Waals surface area contributed by atoms with Gasteiger partial charge < -0.3 is 9.47 Å². The van der Waals surface area contributed by atoms with E-state index in [4.69, 9.17) is 9.47 Å². The number of rotatable bonds is 6. The van der Waals surface area contributed by atoms with E-state index in [1.54, 1.807) is 12.0 Å². The number of amides is 1. The highest BCUT2D eigenvalue weighted by molar-refractivity contribution is 5.94. The number of ether oxygens (including phenoxy) is 2. The summed E-state index contributed by atoms with van der Waals surface area (Å²) < 4.78 is 12.7. The van der Waals surface area contributed by atoms with E-state index in [9.17, 15) is 4.79 Å². The van der Waals surface area contributed by atoms with E-state index in [-0.39, 0.29) is 12.5 Å². The maximum Gasteiger partial charge on any atom is 0.293 e. The fourth-order valence-corrected chi connectivity index (χ4v) is 2.85. The van der Waals surface area contributed by atoms with Gasteiger partial charge in [0.1, 0.15) is 5.75 Å². The molecule has 0 saturated carbocycles. The lowest BCUT2D eigenvalue weighted by molar-refractivity contribution is -0.684. The van der Waals surface area contributed by atoms with Crippen molar-refractivity contribution in [2.45, 2.75) is 13.0 Å². The summed E-state index contributed by atoms with van der Waals surface area (Å²) in [5, 5.41) is 0. The Morgan fingerprint density at radius 2 is 2.00 bits per heavy atom. The van der Waals surface area contributed by atoms with Crippen molar-refractivity contribution in [1.29, 1.82) is 0 Å². The molecule has 5 heteroatoms. The fraction of sp³-hybridized carbons (Fsp3) is 0.300. The fourth-order valence-electron chi connectivity index (χ4n) is 2.85. The molecule has 0 radical (unpaired) electrons. The van der Waals surface area contributed by atoms with E-state index >= 15 is 0 Å². The van der Waals surface area contributed by atoms with Crippen LogP contribution in [-0.2, 0) is 16.1 Å². The number of carbonyl (C=O) groups is 1.